The van der Waals surface area contributed by atoms with Crippen molar-refractivity contribution in [3.05, 3.63) is 33.9 Å². The Bertz CT molecular complexity index is 643. The molecule has 0 bridgehead atoms. The standard InChI is InChI=1S/C17H23N3O5/c1-2-13-6-7-14(10-15(13)20(23)24)19-17(22)16(21)18-8-3-9-25-11-12-4-5-12/h6-7,10,12H,2-5,8-9,11H2,1H3,(H,18,21)(H,19,22). The van der Waals surface area contributed by atoms with E-state index in [1.807, 2.05) is 6.92 Å². The van der Waals surface area contributed by atoms with Crippen LogP contribution in [-0.2, 0) is 20.7 Å². The molecule has 1 aromatic carbocycles. The molecule has 1 aromatic rings. The van der Waals surface area contributed by atoms with Gasteiger partial charge in [0, 0.05) is 37.1 Å². The predicted octanol–water partition coefficient (Wildman–Crippen LogP) is 2.03. The fraction of sp³-hybridized carbons (Fsp3) is 0.529. The summed E-state index contributed by atoms with van der Waals surface area (Å²) in [7, 11) is 0. The lowest BCUT2D eigenvalue weighted by atomic mass is 10.1. The lowest BCUT2D eigenvalue weighted by Gasteiger charge is -2.08. The molecule has 0 aliphatic heterocycles. The molecule has 2 amide bonds. The Labute approximate surface area is 146 Å². The molecule has 0 atom stereocenters. The predicted molar refractivity (Wildman–Crippen MR) is 92.3 cm³/mol. The number of amides is 2. The van der Waals surface area contributed by atoms with E-state index < -0.39 is 16.7 Å². The fourth-order valence-electron chi connectivity index (χ4n) is 2.29. The molecule has 0 spiro atoms. The molecule has 0 unspecified atom stereocenters. The number of ether oxygens (including phenoxy) is 1. The average molecular weight is 349 g/mol. The number of carbonyl (C=O) groups is 2. The maximum atomic E-state index is 11.8. The van der Waals surface area contributed by atoms with Crippen molar-refractivity contribution in [2.24, 2.45) is 5.92 Å². The zero-order valence-electron chi connectivity index (χ0n) is 14.2. The van der Waals surface area contributed by atoms with Gasteiger partial charge in [-0.05, 0) is 37.7 Å². The highest BCUT2D eigenvalue weighted by atomic mass is 16.6. The summed E-state index contributed by atoms with van der Waals surface area (Å²) in [4.78, 5) is 34.1. The van der Waals surface area contributed by atoms with Gasteiger partial charge in [0.1, 0.15) is 0 Å². The second-order valence-corrected chi connectivity index (χ2v) is 6.04. The van der Waals surface area contributed by atoms with Crippen molar-refractivity contribution in [3.8, 4) is 0 Å². The van der Waals surface area contributed by atoms with Gasteiger partial charge in [-0.2, -0.15) is 0 Å². The monoisotopic (exact) mass is 349 g/mol. The number of nitrogens with one attached hydrogen (secondary N) is 2. The number of hydrogen-bond donors (Lipinski definition) is 2. The van der Waals surface area contributed by atoms with Crippen molar-refractivity contribution in [1.82, 2.24) is 5.32 Å². The molecule has 25 heavy (non-hydrogen) atoms. The zero-order chi connectivity index (χ0) is 18.2. The van der Waals surface area contributed by atoms with E-state index in [1.165, 1.54) is 18.9 Å². The van der Waals surface area contributed by atoms with Gasteiger partial charge in [0.25, 0.3) is 5.69 Å². The first kappa shape index (κ1) is 18.9. The maximum Gasteiger partial charge on any atom is 0.313 e. The average Bonchev–Trinajstić information content (AvgIpc) is 3.41. The van der Waals surface area contributed by atoms with Crippen LogP contribution >= 0.6 is 0 Å². The van der Waals surface area contributed by atoms with Crippen molar-refractivity contribution in [2.75, 3.05) is 25.1 Å². The van der Waals surface area contributed by atoms with E-state index >= 15 is 0 Å². The van der Waals surface area contributed by atoms with Gasteiger partial charge in [0.15, 0.2) is 0 Å². The van der Waals surface area contributed by atoms with E-state index in [-0.39, 0.29) is 11.4 Å². The largest absolute Gasteiger partial charge is 0.381 e. The third-order valence-corrected chi connectivity index (χ3v) is 3.93. The number of aryl methyl sites for hydroxylation is 1. The van der Waals surface area contributed by atoms with E-state index in [4.69, 9.17) is 4.74 Å². The molecule has 0 radical (unpaired) electrons. The van der Waals surface area contributed by atoms with Crippen LogP contribution in [0.15, 0.2) is 18.2 Å². The molecule has 1 aliphatic carbocycles. The number of nitrogens with zero attached hydrogens (tertiary/aromatic N) is 1. The first-order valence-corrected chi connectivity index (χ1v) is 8.45. The Balaban J connectivity index is 1.75. The summed E-state index contributed by atoms with van der Waals surface area (Å²) in [5.41, 5.74) is 0.712. The number of nitro groups is 1. The third kappa shape index (κ3) is 6.15. The quantitative estimate of drug-likeness (QED) is 0.307. The molecular formula is C17H23N3O5. The molecular weight excluding hydrogens is 326 g/mol. The van der Waals surface area contributed by atoms with Crippen LogP contribution < -0.4 is 10.6 Å². The number of anilines is 1. The van der Waals surface area contributed by atoms with Crippen LogP contribution in [0, 0.1) is 16.0 Å². The second-order valence-electron chi connectivity index (χ2n) is 6.04. The first-order valence-electron chi connectivity index (χ1n) is 8.45. The van der Waals surface area contributed by atoms with Gasteiger partial charge >= 0.3 is 11.8 Å². The Morgan fingerprint density at radius 3 is 2.72 bits per heavy atom. The van der Waals surface area contributed by atoms with Crippen molar-refractivity contribution in [2.45, 2.75) is 32.6 Å². The number of nitro benzene ring substituents is 1. The third-order valence-electron chi connectivity index (χ3n) is 3.93. The van der Waals surface area contributed by atoms with Crippen molar-refractivity contribution < 1.29 is 19.2 Å². The minimum absolute atomic E-state index is 0.0754. The Morgan fingerprint density at radius 2 is 2.08 bits per heavy atom. The van der Waals surface area contributed by atoms with Gasteiger partial charge in [-0.15, -0.1) is 0 Å². The van der Waals surface area contributed by atoms with Gasteiger partial charge in [-0.25, -0.2) is 0 Å². The molecule has 0 aromatic heterocycles. The SMILES string of the molecule is CCc1ccc(NC(=O)C(=O)NCCCOCC2CC2)cc1[N+](=O)[O-]. The summed E-state index contributed by atoms with van der Waals surface area (Å²) in [6.45, 7) is 3.46. The van der Waals surface area contributed by atoms with E-state index in [1.54, 1.807) is 12.1 Å². The van der Waals surface area contributed by atoms with Gasteiger partial charge in [-0.3, -0.25) is 19.7 Å². The Hall–Kier alpha value is -2.48. The highest BCUT2D eigenvalue weighted by Gasteiger charge is 2.21. The van der Waals surface area contributed by atoms with E-state index in [0.717, 1.165) is 6.61 Å². The summed E-state index contributed by atoms with van der Waals surface area (Å²) in [6.07, 6.45) is 3.60. The van der Waals surface area contributed by atoms with E-state index in [2.05, 4.69) is 10.6 Å². The molecule has 2 rings (SSSR count). The van der Waals surface area contributed by atoms with E-state index in [0.29, 0.717) is 37.5 Å². The van der Waals surface area contributed by atoms with Crippen LogP contribution in [0.25, 0.3) is 0 Å². The Kier molecular flexibility index (Phi) is 6.88. The normalized spacial score (nSPS) is 13.3. The minimum atomic E-state index is -0.850. The molecule has 1 fully saturated rings. The second kappa shape index (κ2) is 9.12. The topological polar surface area (TPSA) is 111 Å². The molecule has 136 valence electrons. The fourth-order valence-corrected chi connectivity index (χ4v) is 2.29. The molecule has 8 nitrogen and oxygen atoms in total. The molecule has 1 aliphatic rings. The highest BCUT2D eigenvalue weighted by Crippen LogP contribution is 2.28. The molecule has 8 heteroatoms. The number of benzene rings is 1. The van der Waals surface area contributed by atoms with Gasteiger partial charge in [0.2, 0.25) is 0 Å². The van der Waals surface area contributed by atoms with Crippen LogP contribution in [0.4, 0.5) is 11.4 Å². The van der Waals surface area contributed by atoms with Crippen LogP contribution in [0.5, 0.6) is 0 Å². The van der Waals surface area contributed by atoms with Gasteiger partial charge in [-0.1, -0.05) is 13.0 Å². The molecule has 0 heterocycles. The van der Waals surface area contributed by atoms with Crippen molar-refractivity contribution in [3.63, 3.8) is 0 Å². The summed E-state index contributed by atoms with van der Waals surface area (Å²) in [6, 6.07) is 4.38. The van der Waals surface area contributed by atoms with Crippen LogP contribution in [0.1, 0.15) is 31.7 Å². The highest BCUT2D eigenvalue weighted by molar-refractivity contribution is 6.39. The van der Waals surface area contributed by atoms with Gasteiger partial charge in [0.05, 0.1) is 4.92 Å². The Morgan fingerprint density at radius 1 is 1.32 bits per heavy atom. The van der Waals surface area contributed by atoms with Crippen molar-refractivity contribution >= 4 is 23.2 Å². The first-order chi connectivity index (χ1) is 12.0. The van der Waals surface area contributed by atoms with Crippen molar-refractivity contribution in [1.29, 1.82) is 0 Å². The van der Waals surface area contributed by atoms with Crippen LogP contribution in [-0.4, -0.2) is 36.5 Å². The summed E-state index contributed by atoms with van der Waals surface area (Å²) in [5, 5.41) is 15.9. The summed E-state index contributed by atoms with van der Waals surface area (Å²) < 4.78 is 5.44. The van der Waals surface area contributed by atoms with Crippen LogP contribution in [0.2, 0.25) is 0 Å². The minimum Gasteiger partial charge on any atom is -0.381 e. The smallest absolute Gasteiger partial charge is 0.313 e. The van der Waals surface area contributed by atoms with E-state index in [9.17, 15) is 19.7 Å². The lowest BCUT2D eigenvalue weighted by Crippen LogP contribution is -2.36. The zero-order valence-corrected chi connectivity index (χ0v) is 14.2. The maximum absolute atomic E-state index is 11.8. The molecule has 2 N–H and O–H groups in total. The molecule has 0 saturated heterocycles. The number of rotatable bonds is 9. The van der Waals surface area contributed by atoms with Crippen LogP contribution in [0.3, 0.4) is 0 Å². The summed E-state index contributed by atoms with van der Waals surface area (Å²) >= 11 is 0. The summed E-state index contributed by atoms with van der Waals surface area (Å²) in [5.74, 6) is -0.926. The number of carbonyl (C=O) groups excluding carboxylic acids is 2. The lowest BCUT2D eigenvalue weighted by molar-refractivity contribution is -0.385. The number of hydrogen-bond acceptors (Lipinski definition) is 5. The molecule has 1 saturated carbocycles. The van der Waals surface area contributed by atoms with Gasteiger partial charge < -0.3 is 15.4 Å².